The number of rotatable bonds is 5. The molecule has 0 radical (unpaired) electrons. The van der Waals surface area contributed by atoms with Gasteiger partial charge in [-0.05, 0) is 12.8 Å². The number of imide groups is 1. The summed E-state index contributed by atoms with van der Waals surface area (Å²) in [7, 11) is 1.67. The number of hydrogen-bond donors (Lipinski definition) is 2. The van der Waals surface area contributed by atoms with E-state index in [-0.39, 0.29) is 18.4 Å². The second-order valence-corrected chi connectivity index (χ2v) is 4.92. The summed E-state index contributed by atoms with van der Waals surface area (Å²) >= 11 is 0. The maximum atomic E-state index is 12.3. The first-order chi connectivity index (χ1) is 9.93. The summed E-state index contributed by atoms with van der Waals surface area (Å²) in [4.78, 5) is 37.1. The molecule has 1 saturated heterocycles. The average Bonchev–Trinajstić information content (AvgIpc) is 2.95. The van der Waals surface area contributed by atoms with Crippen molar-refractivity contribution in [3.63, 3.8) is 0 Å². The van der Waals surface area contributed by atoms with Crippen LogP contribution in [0.4, 0.5) is 10.7 Å². The number of aromatic nitrogens is 3. The summed E-state index contributed by atoms with van der Waals surface area (Å²) in [5.74, 6) is -0.618. The van der Waals surface area contributed by atoms with Gasteiger partial charge in [0.05, 0.1) is 0 Å². The minimum absolute atomic E-state index is 0.254. The first-order valence-electron chi connectivity index (χ1n) is 6.71. The molecule has 0 unspecified atom stereocenters. The summed E-state index contributed by atoms with van der Waals surface area (Å²) < 4.78 is 1.52. The molecule has 114 valence electrons. The summed E-state index contributed by atoms with van der Waals surface area (Å²) in [5, 5.41) is 12.5. The molecule has 1 aromatic heterocycles. The summed E-state index contributed by atoms with van der Waals surface area (Å²) in [6.07, 6.45) is 2.40. The lowest BCUT2D eigenvalue weighted by molar-refractivity contribution is -0.134. The summed E-state index contributed by atoms with van der Waals surface area (Å²) in [6.45, 7) is 3.30. The lowest BCUT2D eigenvalue weighted by Gasteiger charge is -2.22. The van der Waals surface area contributed by atoms with Gasteiger partial charge in [0, 0.05) is 7.05 Å². The third-order valence-electron chi connectivity index (χ3n) is 3.72. The Morgan fingerprint density at radius 3 is 2.52 bits per heavy atom. The zero-order valence-corrected chi connectivity index (χ0v) is 12.2. The quantitative estimate of drug-likeness (QED) is 0.735. The topological polar surface area (TPSA) is 109 Å². The largest absolute Gasteiger partial charge is 0.325 e. The highest BCUT2D eigenvalue weighted by Gasteiger charge is 2.49. The Morgan fingerprint density at radius 1 is 1.38 bits per heavy atom. The highest BCUT2D eigenvalue weighted by molar-refractivity contribution is 6.09. The Morgan fingerprint density at radius 2 is 2.05 bits per heavy atom. The number of aryl methyl sites for hydroxylation is 1. The van der Waals surface area contributed by atoms with E-state index in [0.717, 1.165) is 4.90 Å². The molecular weight excluding hydrogens is 276 g/mol. The lowest BCUT2D eigenvalue weighted by atomic mass is 9.93. The van der Waals surface area contributed by atoms with E-state index in [1.165, 1.54) is 10.9 Å². The molecule has 0 saturated carbocycles. The van der Waals surface area contributed by atoms with Crippen molar-refractivity contribution in [3.05, 3.63) is 6.33 Å². The van der Waals surface area contributed by atoms with E-state index in [1.807, 2.05) is 13.8 Å². The zero-order chi connectivity index (χ0) is 15.6. The number of amides is 4. The molecule has 1 fully saturated rings. The van der Waals surface area contributed by atoms with Gasteiger partial charge in [-0.1, -0.05) is 13.8 Å². The van der Waals surface area contributed by atoms with Crippen LogP contribution in [-0.4, -0.2) is 49.6 Å². The third kappa shape index (κ3) is 2.58. The van der Waals surface area contributed by atoms with Gasteiger partial charge in [-0.3, -0.25) is 19.8 Å². The van der Waals surface area contributed by atoms with E-state index < -0.39 is 17.5 Å². The minimum atomic E-state index is -0.901. The number of carbonyl (C=O) groups excluding carboxylic acids is 3. The highest BCUT2D eigenvalue weighted by Crippen LogP contribution is 2.24. The third-order valence-corrected chi connectivity index (χ3v) is 3.72. The number of anilines is 1. The van der Waals surface area contributed by atoms with Gasteiger partial charge in [0.25, 0.3) is 5.91 Å². The Hall–Kier alpha value is -2.45. The molecule has 2 rings (SSSR count). The smallest absolute Gasteiger partial charge is 0.323 e. The van der Waals surface area contributed by atoms with Gasteiger partial charge in [-0.2, -0.15) is 0 Å². The second kappa shape index (κ2) is 5.51. The van der Waals surface area contributed by atoms with Crippen LogP contribution in [-0.2, 0) is 16.6 Å². The van der Waals surface area contributed by atoms with Crippen LogP contribution in [0.25, 0.3) is 0 Å². The Balaban J connectivity index is 2.06. The maximum absolute atomic E-state index is 12.3. The van der Waals surface area contributed by atoms with Crippen molar-refractivity contribution in [2.45, 2.75) is 32.2 Å². The Kier molecular flexibility index (Phi) is 3.92. The van der Waals surface area contributed by atoms with E-state index in [0.29, 0.717) is 12.8 Å². The van der Waals surface area contributed by atoms with E-state index in [1.54, 1.807) is 7.05 Å². The molecular formula is C12H18N6O3. The second-order valence-electron chi connectivity index (χ2n) is 4.92. The molecule has 0 spiro atoms. The van der Waals surface area contributed by atoms with Gasteiger partial charge in [0.1, 0.15) is 18.4 Å². The molecule has 0 aromatic carbocycles. The first kappa shape index (κ1) is 14.9. The highest BCUT2D eigenvalue weighted by atomic mass is 16.2. The predicted molar refractivity (Wildman–Crippen MR) is 73.2 cm³/mol. The molecule has 9 heteroatoms. The number of hydrogen-bond acceptors (Lipinski definition) is 5. The van der Waals surface area contributed by atoms with Crippen molar-refractivity contribution < 1.29 is 14.4 Å². The van der Waals surface area contributed by atoms with Crippen LogP contribution in [0.3, 0.4) is 0 Å². The number of nitrogens with one attached hydrogen (secondary N) is 2. The zero-order valence-electron chi connectivity index (χ0n) is 12.2. The first-order valence-corrected chi connectivity index (χ1v) is 6.71. The molecule has 2 heterocycles. The molecule has 0 aliphatic carbocycles. The number of urea groups is 1. The standard InChI is InChI=1S/C12H18N6O3/c1-4-12(5-2)9(20)18(11(21)15-12)6-8(19)14-10-16-13-7-17(10)3/h7H,4-6H2,1-3H3,(H,15,21)(H,14,16,19). The summed E-state index contributed by atoms with van der Waals surface area (Å²) in [5.41, 5.74) is -0.901. The van der Waals surface area contributed by atoms with Crippen molar-refractivity contribution in [1.29, 1.82) is 0 Å². The van der Waals surface area contributed by atoms with Crippen LogP contribution in [0.1, 0.15) is 26.7 Å². The van der Waals surface area contributed by atoms with Gasteiger partial charge in [0.15, 0.2) is 0 Å². The number of nitrogens with zero attached hydrogens (tertiary/aromatic N) is 4. The van der Waals surface area contributed by atoms with Gasteiger partial charge in [0.2, 0.25) is 11.9 Å². The predicted octanol–water partition coefficient (Wildman–Crippen LogP) is -0.136. The van der Waals surface area contributed by atoms with Crippen molar-refractivity contribution in [1.82, 2.24) is 25.0 Å². The normalized spacial score (nSPS) is 17.0. The number of carbonyl (C=O) groups is 3. The van der Waals surface area contributed by atoms with Crippen LogP contribution in [0.15, 0.2) is 6.33 Å². The fourth-order valence-corrected chi connectivity index (χ4v) is 2.25. The Bertz CT molecular complexity index is 577. The fourth-order valence-electron chi connectivity index (χ4n) is 2.25. The SMILES string of the molecule is CCC1(CC)NC(=O)N(CC(=O)Nc2nncn2C)C1=O. The van der Waals surface area contributed by atoms with E-state index in [4.69, 9.17) is 0 Å². The van der Waals surface area contributed by atoms with Crippen LogP contribution in [0.5, 0.6) is 0 Å². The van der Waals surface area contributed by atoms with Crippen LogP contribution in [0, 0.1) is 0 Å². The van der Waals surface area contributed by atoms with Crippen LogP contribution >= 0.6 is 0 Å². The molecule has 0 bridgehead atoms. The van der Waals surface area contributed by atoms with E-state index >= 15 is 0 Å². The van der Waals surface area contributed by atoms with Gasteiger partial charge < -0.3 is 9.88 Å². The van der Waals surface area contributed by atoms with E-state index in [2.05, 4.69) is 20.8 Å². The molecule has 2 N–H and O–H groups in total. The van der Waals surface area contributed by atoms with Crippen molar-refractivity contribution in [2.75, 3.05) is 11.9 Å². The monoisotopic (exact) mass is 294 g/mol. The molecule has 21 heavy (non-hydrogen) atoms. The molecule has 1 aliphatic heterocycles. The fraction of sp³-hybridized carbons (Fsp3) is 0.583. The van der Waals surface area contributed by atoms with Crippen molar-refractivity contribution in [2.24, 2.45) is 7.05 Å². The van der Waals surface area contributed by atoms with Gasteiger partial charge in [-0.15, -0.1) is 10.2 Å². The molecule has 1 aromatic rings. The summed E-state index contributed by atoms with van der Waals surface area (Å²) in [6, 6.07) is -0.545. The molecule has 1 aliphatic rings. The van der Waals surface area contributed by atoms with E-state index in [9.17, 15) is 14.4 Å². The average molecular weight is 294 g/mol. The maximum Gasteiger partial charge on any atom is 0.325 e. The van der Waals surface area contributed by atoms with Crippen molar-refractivity contribution in [3.8, 4) is 0 Å². The minimum Gasteiger partial charge on any atom is -0.323 e. The van der Waals surface area contributed by atoms with Crippen molar-refractivity contribution >= 4 is 23.8 Å². The van der Waals surface area contributed by atoms with Crippen LogP contribution < -0.4 is 10.6 Å². The van der Waals surface area contributed by atoms with Gasteiger partial charge in [-0.25, -0.2) is 4.79 Å². The molecule has 0 atom stereocenters. The molecule has 9 nitrogen and oxygen atoms in total. The lowest BCUT2D eigenvalue weighted by Crippen LogP contribution is -2.46. The Labute approximate surface area is 121 Å². The molecule has 4 amide bonds. The van der Waals surface area contributed by atoms with Crippen LogP contribution in [0.2, 0.25) is 0 Å². The van der Waals surface area contributed by atoms with Gasteiger partial charge >= 0.3 is 6.03 Å².